The molecule has 0 bridgehead atoms. The van der Waals surface area contributed by atoms with Crippen LogP contribution in [0.15, 0.2) is 0 Å². The predicted octanol–water partition coefficient (Wildman–Crippen LogP) is 14.7. The van der Waals surface area contributed by atoms with Crippen LogP contribution in [0, 0.1) is 17.8 Å². The molecule has 8 nitrogen and oxygen atoms in total. The van der Waals surface area contributed by atoms with Crippen LogP contribution in [-0.4, -0.2) is 114 Å². The van der Waals surface area contributed by atoms with Gasteiger partial charge in [-0.3, -0.25) is 0 Å². The Bertz CT molecular complexity index is 895. The van der Waals surface area contributed by atoms with Crippen molar-refractivity contribution >= 4 is 120 Å². The molecule has 1 aliphatic rings. The molecule has 0 heterocycles. The topological polar surface area (TPSA) is 73.8 Å². The summed E-state index contributed by atoms with van der Waals surface area (Å²) in [6.07, 6.45) is 11.6. The van der Waals surface area contributed by atoms with Gasteiger partial charge in [-0.25, -0.2) is 0 Å². The van der Waals surface area contributed by atoms with Gasteiger partial charge in [-0.05, 0) is 188 Å². The molecule has 0 radical (unpaired) electrons. The number of hydrogen-bond acceptors (Lipinski definition) is 17. The highest BCUT2D eigenvalue weighted by Crippen LogP contribution is 2.48. The first kappa shape index (κ1) is 59.5. The van der Waals surface area contributed by atoms with Gasteiger partial charge < -0.3 is 35.4 Å². The van der Waals surface area contributed by atoms with E-state index >= 15 is 0 Å². The summed E-state index contributed by atoms with van der Waals surface area (Å²) in [7, 11) is 8.79. The second kappa shape index (κ2) is 39.6. The van der Waals surface area contributed by atoms with Crippen molar-refractivity contribution in [1.29, 1.82) is 0 Å². The van der Waals surface area contributed by atoms with Crippen LogP contribution in [0.5, 0.6) is 0 Å². The molecule has 20 heteroatoms. The van der Waals surface area contributed by atoms with E-state index in [0.717, 1.165) is 73.4 Å². The molecule has 1 rings (SSSR count). The molecule has 3 unspecified atom stereocenters. The Morgan fingerprint density at radius 1 is 0.414 bits per heavy atom. The molecular formula is C38H82O8S9Si3. The zero-order chi connectivity index (χ0) is 42.6. The summed E-state index contributed by atoms with van der Waals surface area (Å²) in [5.41, 5.74) is 0. The Morgan fingerprint density at radius 2 is 0.810 bits per heavy atom. The Labute approximate surface area is 395 Å². The Balaban J connectivity index is 2.50. The summed E-state index contributed by atoms with van der Waals surface area (Å²) in [6, 6.07) is 2.90. The molecule has 3 atom stereocenters. The molecular weight excluding hydrogens is 957 g/mol. The fourth-order valence-corrected chi connectivity index (χ4v) is 29.3. The summed E-state index contributed by atoms with van der Waals surface area (Å²) < 4.78 is 48.3. The summed E-state index contributed by atoms with van der Waals surface area (Å²) in [5, 5.41) is 0. The molecule has 0 aromatic rings. The second-order valence-electron chi connectivity index (χ2n) is 14.0. The van der Waals surface area contributed by atoms with Crippen LogP contribution < -0.4 is 0 Å². The smallest absolute Gasteiger partial charge is 0.395 e. The lowest BCUT2D eigenvalue weighted by molar-refractivity contribution is 0.0704. The molecule has 0 aliphatic heterocycles. The summed E-state index contributed by atoms with van der Waals surface area (Å²) in [5.74, 6) is 9.78. The van der Waals surface area contributed by atoms with Crippen molar-refractivity contribution in [3.05, 3.63) is 0 Å². The van der Waals surface area contributed by atoms with E-state index in [1.165, 1.54) is 68.0 Å². The van der Waals surface area contributed by atoms with Crippen molar-refractivity contribution in [1.82, 2.24) is 0 Å². The van der Waals surface area contributed by atoms with Crippen molar-refractivity contribution in [2.75, 3.05) is 87.4 Å². The van der Waals surface area contributed by atoms with Gasteiger partial charge in [0, 0.05) is 88.0 Å². The maximum atomic E-state index is 6.06. The fraction of sp³-hybridized carbons (Fsp3) is 1.00. The van der Waals surface area contributed by atoms with Crippen molar-refractivity contribution in [2.24, 2.45) is 17.8 Å². The Kier molecular flexibility index (Phi) is 40.7. The van der Waals surface area contributed by atoms with E-state index < -0.39 is 26.2 Å². The predicted molar refractivity (Wildman–Crippen MR) is 280 cm³/mol. The highest BCUT2D eigenvalue weighted by Gasteiger charge is 2.40. The summed E-state index contributed by atoms with van der Waals surface area (Å²) in [4.78, 5) is 0. The summed E-state index contributed by atoms with van der Waals surface area (Å²) in [6.45, 7) is 24.0. The molecule has 0 N–H and O–H groups in total. The van der Waals surface area contributed by atoms with E-state index in [1.807, 2.05) is 102 Å². The van der Waals surface area contributed by atoms with E-state index in [2.05, 4.69) is 53.7 Å². The fourth-order valence-electron chi connectivity index (χ4n) is 7.38. The van der Waals surface area contributed by atoms with Crippen LogP contribution in [0.25, 0.3) is 0 Å². The zero-order valence-electron chi connectivity index (χ0n) is 37.6. The highest BCUT2D eigenvalue weighted by atomic mass is 33.7. The van der Waals surface area contributed by atoms with Gasteiger partial charge in [-0.15, -0.1) is 0 Å². The van der Waals surface area contributed by atoms with Crippen molar-refractivity contribution in [3.63, 3.8) is 0 Å². The SMILES string of the molecule is CCO[Si](C)(CCCSCCC1CCC(CCSSSSCCC[Si](OCC)(OCC)OCC)C(CCSSSSCCC[Si](OCC)(OCC)OCC)C1)OCC. The van der Waals surface area contributed by atoms with Gasteiger partial charge in [0.25, 0.3) is 0 Å². The van der Waals surface area contributed by atoms with Crippen molar-refractivity contribution < 1.29 is 35.4 Å². The molecule has 0 spiro atoms. The third-order valence-corrected chi connectivity index (χ3v) is 33.4. The minimum atomic E-state index is -2.53. The molecule has 1 saturated carbocycles. The summed E-state index contributed by atoms with van der Waals surface area (Å²) >= 11 is 2.15. The van der Waals surface area contributed by atoms with Gasteiger partial charge in [0.05, 0.1) is 0 Å². The monoisotopic (exact) mass is 1040 g/mol. The van der Waals surface area contributed by atoms with Crippen LogP contribution >= 0.6 is 94.2 Å². The molecule has 1 fully saturated rings. The van der Waals surface area contributed by atoms with Crippen LogP contribution in [0.1, 0.15) is 113 Å². The molecule has 0 aromatic carbocycles. The highest BCUT2D eigenvalue weighted by molar-refractivity contribution is 9.26. The lowest BCUT2D eigenvalue weighted by Gasteiger charge is -2.36. The maximum absolute atomic E-state index is 6.06. The van der Waals surface area contributed by atoms with E-state index in [-0.39, 0.29) is 0 Å². The van der Waals surface area contributed by atoms with Gasteiger partial charge in [-0.1, -0.05) is 49.6 Å². The van der Waals surface area contributed by atoms with Crippen LogP contribution in [0.3, 0.4) is 0 Å². The minimum Gasteiger partial charge on any atom is -0.395 e. The Hall–Kier alpha value is 3.48. The first-order valence-corrected chi connectivity index (χ1v) is 39.9. The van der Waals surface area contributed by atoms with Gasteiger partial charge in [0.2, 0.25) is 0 Å². The molecule has 58 heavy (non-hydrogen) atoms. The number of hydrogen-bond donors (Lipinski definition) is 0. The standard InChI is InChI=1S/C38H82O8S9Si3/c1-10-39-56(9,40-11-2)32-18-26-47-29-23-36-21-22-37(24-30-50-54-52-48-27-19-33-57(41-12-3,42-13-4)43-14-5)38(35-36)25-31-51-55-53-49-28-20-34-58(44-15-6,45-16-7)46-17-8/h36-38H,10-35H2,1-9H3. The number of thioether (sulfide) groups is 1. The quantitative estimate of drug-likeness (QED) is 0.0330. The third kappa shape index (κ3) is 28.5. The molecule has 348 valence electrons. The molecule has 0 amide bonds. The molecule has 0 aromatic heterocycles. The van der Waals surface area contributed by atoms with Crippen LogP contribution in [-0.2, 0) is 35.4 Å². The van der Waals surface area contributed by atoms with E-state index in [9.17, 15) is 0 Å². The van der Waals surface area contributed by atoms with E-state index in [0.29, 0.717) is 39.6 Å². The van der Waals surface area contributed by atoms with Crippen LogP contribution in [0.2, 0.25) is 24.7 Å². The first-order chi connectivity index (χ1) is 28.2. The average Bonchev–Trinajstić information content (AvgIpc) is 3.19. The van der Waals surface area contributed by atoms with Gasteiger partial charge in [-0.2, -0.15) is 11.8 Å². The largest absolute Gasteiger partial charge is 0.500 e. The van der Waals surface area contributed by atoms with Crippen molar-refractivity contribution in [3.8, 4) is 0 Å². The Morgan fingerprint density at radius 3 is 1.24 bits per heavy atom. The lowest BCUT2D eigenvalue weighted by atomic mass is 9.71. The first-order valence-electron chi connectivity index (χ1n) is 22.1. The van der Waals surface area contributed by atoms with Gasteiger partial charge in [0.15, 0.2) is 0 Å². The van der Waals surface area contributed by atoms with E-state index in [4.69, 9.17) is 35.4 Å². The van der Waals surface area contributed by atoms with Gasteiger partial charge in [0.1, 0.15) is 0 Å². The normalized spacial score (nSPS) is 18.1. The lowest BCUT2D eigenvalue weighted by Crippen LogP contribution is -2.46. The van der Waals surface area contributed by atoms with Crippen molar-refractivity contribution in [2.45, 2.75) is 138 Å². The maximum Gasteiger partial charge on any atom is 0.500 e. The molecule has 1 aliphatic carbocycles. The average molecular weight is 1040 g/mol. The van der Waals surface area contributed by atoms with Gasteiger partial charge >= 0.3 is 26.2 Å². The minimum absolute atomic E-state index is 0.646. The zero-order valence-corrected chi connectivity index (χ0v) is 47.9. The second-order valence-corrected chi connectivity index (χ2v) is 36.5. The third-order valence-electron chi connectivity index (χ3n) is 9.74. The number of rotatable bonds is 43. The van der Waals surface area contributed by atoms with Crippen LogP contribution in [0.4, 0.5) is 0 Å². The molecule has 0 saturated heterocycles. The van der Waals surface area contributed by atoms with E-state index in [1.54, 1.807) is 0 Å².